The van der Waals surface area contributed by atoms with Crippen LogP contribution in [0.15, 0.2) is 35.9 Å². The van der Waals surface area contributed by atoms with Gasteiger partial charge in [-0.05, 0) is 30.7 Å². The van der Waals surface area contributed by atoms with Gasteiger partial charge in [0, 0.05) is 13.1 Å². The molecule has 1 aromatic carbocycles. The van der Waals surface area contributed by atoms with E-state index in [0.717, 1.165) is 25.1 Å². The predicted molar refractivity (Wildman–Crippen MR) is 68.7 cm³/mol. The summed E-state index contributed by atoms with van der Waals surface area (Å²) in [4.78, 5) is 11.7. The summed E-state index contributed by atoms with van der Waals surface area (Å²) < 4.78 is 12.7. The first-order valence-corrected chi connectivity index (χ1v) is 6.14. The Morgan fingerprint density at radius 1 is 1.33 bits per heavy atom. The number of rotatable bonds is 4. The highest BCUT2D eigenvalue weighted by Gasteiger charge is 2.06. The summed E-state index contributed by atoms with van der Waals surface area (Å²) in [6.45, 7) is 2.46. The Hall–Kier alpha value is -1.68. The van der Waals surface area contributed by atoms with Gasteiger partial charge in [0.05, 0.1) is 6.42 Å². The summed E-state index contributed by atoms with van der Waals surface area (Å²) in [5.74, 6) is -0.305. The summed E-state index contributed by atoms with van der Waals surface area (Å²) in [6.07, 6.45) is 3.39. The monoisotopic (exact) mass is 248 g/mol. The molecule has 0 fully saturated rings. The number of carbonyl (C=O) groups excluding carboxylic acids is 1. The van der Waals surface area contributed by atoms with Crippen LogP contribution in [0.1, 0.15) is 12.0 Å². The number of benzene rings is 1. The van der Waals surface area contributed by atoms with Crippen molar-refractivity contribution < 1.29 is 9.18 Å². The van der Waals surface area contributed by atoms with E-state index in [0.29, 0.717) is 13.0 Å². The number of amides is 1. The highest BCUT2D eigenvalue weighted by Crippen LogP contribution is 2.05. The molecule has 0 atom stereocenters. The van der Waals surface area contributed by atoms with E-state index in [1.165, 1.54) is 17.7 Å². The zero-order valence-electron chi connectivity index (χ0n) is 10.2. The van der Waals surface area contributed by atoms with Crippen molar-refractivity contribution in [1.82, 2.24) is 10.6 Å². The maximum Gasteiger partial charge on any atom is 0.224 e. The van der Waals surface area contributed by atoms with Gasteiger partial charge in [-0.2, -0.15) is 0 Å². The van der Waals surface area contributed by atoms with E-state index >= 15 is 0 Å². The van der Waals surface area contributed by atoms with Gasteiger partial charge in [-0.1, -0.05) is 23.8 Å². The van der Waals surface area contributed by atoms with Crippen molar-refractivity contribution in [1.29, 1.82) is 0 Å². The van der Waals surface area contributed by atoms with Gasteiger partial charge in [0.15, 0.2) is 0 Å². The molecule has 96 valence electrons. The molecule has 0 spiro atoms. The molecule has 0 aromatic heterocycles. The van der Waals surface area contributed by atoms with Crippen LogP contribution in [-0.2, 0) is 11.2 Å². The fourth-order valence-corrected chi connectivity index (χ4v) is 1.89. The normalized spacial score (nSPS) is 15.1. The van der Waals surface area contributed by atoms with Gasteiger partial charge >= 0.3 is 0 Å². The minimum absolute atomic E-state index is 0.0268. The highest BCUT2D eigenvalue weighted by atomic mass is 19.1. The van der Waals surface area contributed by atoms with Crippen molar-refractivity contribution in [2.75, 3.05) is 19.6 Å². The molecule has 0 saturated carbocycles. The average molecular weight is 248 g/mol. The van der Waals surface area contributed by atoms with E-state index < -0.39 is 0 Å². The first-order chi connectivity index (χ1) is 8.74. The second-order valence-electron chi connectivity index (χ2n) is 4.40. The lowest BCUT2D eigenvalue weighted by molar-refractivity contribution is -0.120. The molecule has 1 heterocycles. The third-order valence-electron chi connectivity index (χ3n) is 2.95. The molecule has 0 aliphatic carbocycles. The van der Waals surface area contributed by atoms with E-state index in [4.69, 9.17) is 0 Å². The van der Waals surface area contributed by atoms with E-state index in [2.05, 4.69) is 16.7 Å². The number of halogens is 1. The SMILES string of the molecule is O=C(Cc1ccc(F)cc1)NCC1=CCNCC1. The van der Waals surface area contributed by atoms with Gasteiger partial charge in [0.1, 0.15) is 5.82 Å². The smallest absolute Gasteiger partial charge is 0.224 e. The van der Waals surface area contributed by atoms with Gasteiger partial charge in [0.25, 0.3) is 0 Å². The Bertz CT molecular complexity index is 440. The van der Waals surface area contributed by atoms with Crippen molar-refractivity contribution in [2.24, 2.45) is 0 Å². The molecule has 1 aromatic rings. The number of carbonyl (C=O) groups is 1. The van der Waals surface area contributed by atoms with Crippen LogP contribution in [0.3, 0.4) is 0 Å². The van der Waals surface area contributed by atoms with Gasteiger partial charge in [-0.15, -0.1) is 0 Å². The number of hydrogen-bond acceptors (Lipinski definition) is 2. The van der Waals surface area contributed by atoms with Crippen molar-refractivity contribution in [2.45, 2.75) is 12.8 Å². The van der Waals surface area contributed by atoms with Gasteiger partial charge in [-0.25, -0.2) is 4.39 Å². The molecular formula is C14H17FN2O. The van der Waals surface area contributed by atoms with Crippen molar-refractivity contribution >= 4 is 5.91 Å². The third kappa shape index (κ3) is 3.96. The van der Waals surface area contributed by atoms with Crippen molar-refractivity contribution in [3.8, 4) is 0 Å². The van der Waals surface area contributed by atoms with Crippen LogP contribution in [0, 0.1) is 5.82 Å². The van der Waals surface area contributed by atoms with Crippen LogP contribution in [-0.4, -0.2) is 25.5 Å². The summed E-state index contributed by atoms with van der Waals surface area (Å²) in [5.41, 5.74) is 2.09. The fraction of sp³-hybridized carbons (Fsp3) is 0.357. The maximum absolute atomic E-state index is 12.7. The largest absolute Gasteiger partial charge is 0.352 e. The third-order valence-corrected chi connectivity index (χ3v) is 2.95. The average Bonchev–Trinajstić information content (AvgIpc) is 2.40. The van der Waals surface area contributed by atoms with Crippen LogP contribution in [0.4, 0.5) is 4.39 Å². The second-order valence-corrected chi connectivity index (χ2v) is 4.40. The molecule has 1 amide bonds. The Morgan fingerprint density at radius 2 is 2.11 bits per heavy atom. The first-order valence-electron chi connectivity index (χ1n) is 6.14. The minimum Gasteiger partial charge on any atom is -0.352 e. The van der Waals surface area contributed by atoms with Crippen LogP contribution < -0.4 is 10.6 Å². The van der Waals surface area contributed by atoms with Crippen molar-refractivity contribution in [3.63, 3.8) is 0 Å². The van der Waals surface area contributed by atoms with Gasteiger partial charge in [-0.3, -0.25) is 4.79 Å². The van der Waals surface area contributed by atoms with Crippen LogP contribution in [0.5, 0.6) is 0 Å². The summed E-state index contributed by atoms with van der Waals surface area (Å²) >= 11 is 0. The molecule has 0 unspecified atom stereocenters. The molecule has 1 aliphatic rings. The van der Waals surface area contributed by atoms with E-state index in [1.54, 1.807) is 12.1 Å². The summed E-state index contributed by atoms with van der Waals surface area (Å²) in [6, 6.07) is 6.02. The lowest BCUT2D eigenvalue weighted by atomic mass is 10.1. The molecule has 2 rings (SSSR count). The number of hydrogen-bond donors (Lipinski definition) is 2. The fourth-order valence-electron chi connectivity index (χ4n) is 1.89. The summed E-state index contributed by atoms with van der Waals surface area (Å²) in [7, 11) is 0. The Morgan fingerprint density at radius 3 is 2.78 bits per heavy atom. The Kier molecular flexibility index (Phi) is 4.47. The molecule has 0 saturated heterocycles. The van der Waals surface area contributed by atoms with E-state index in [1.807, 2.05) is 0 Å². The molecular weight excluding hydrogens is 231 g/mol. The Labute approximate surface area is 106 Å². The van der Waals surface area contributed by atoms with E-state index in [-0.39, 0.29) is 11.7 Å². The molecule has 1 aliphatic heterocycles. The zero-order valence-corrected chi connectivity index (χ0v) is 10.2. The molecule has 4 heteroatoms. The maximum atomic E-state index is 12.7. The lowest BCUT2D eigenvalue weighted by Crippen LogP contribution is -2.30. The first kappa shape index (κ1) is 12.8. The zero-order chi connectivity index (χ0) is 12.8. The minimum atomic E-state index is -0.279. The van der Waals surface area contributed by atoms with Crippen LogP contribution >= 0.6 is 0 Å². The highest BCUT2D eigenvalue weighted by molar-refractivity contribution is 5.78. The lowest BCUT2D eigenvalue weighted by Gasteiger charge is -2.14. The van der Waals surface area contributed by atoms with Crippen LogP contribution in [0.2, 0.25) is 0 Å². The molecule has 2 N–H and O–H groups in total. The van der Waals surface area contributed by atoms with Gasteiger partial charge in [0.2, 0.25) is 5.91 Å². The second kappa shape index (κ2) is 6.31. The molecule has 0 radical (unpaired) electrons. The van der Waals surface area contributed by atoms with Gasteiger partial charge < -0.3 is 10.6 Å². The number of nitrogens with one attached hydrogen (secondary N) is 2. The molecule has 0 bridgehead atoms. The molecule has 3 nitrogen and oxygen atoms in total. The predicted octanol–water partition coefficient (Wildman–Crippen LogP) is 1.40. The Balaban J connectivity index is 1.78. The summed E-state index contributed by atoms with van der Waals surface area (Å²) in [5, 5.41) is 6.11. The topological polar surface area (TPSA) is 41.1 Å². The van der Waals surface area contributed by atoms with Crippen LogP contribution in [0.25, 0.3) is 0 Å². The van der Waals surface area contributed by atoms with Crippen molar-refractivity contribution in [3.05, 3.63) is 47.3 Å². The quantitative estimate of drug-likeness (QED) is 0.791. The van der Waals surface area contributed by atoms with E-state index in [9.17, 15) is 9.18 Å². The molecule has 18 heavy (non-hydrogen) atoms. The standard InChI is InChI=1S/C14H17FN2O/c15-13-3-1-11(2-4-13)9-14(18)17-10-12-5-7-16-8-6-12/h1-5,16H,6-10H2,(H,17,18).